The number of ether oxygens (including phenoxy) is 1. The van der Waals surface area contributed by atoms with E-state index < -0.39 is 0 Å². The molecule has 0 amide bonds. The molecule has 0 aliphatic carbocycles. The Morgan fingerprint density at radius 1 is 1.33 bits per heavy atom. The zero-order valence-corrected chi connectivity index (χ0v) is 11.7. The average Bonchev–Trinajstić information content (AvgIpc) is 2.64. The van der Waals surface area contributed by atoms with Gasteiger partial charge in [-0.15, -0.1) is 11.6 Å². The molecule has 0 radical (unpaired) electrons. The molecule has 0 bridgehead atoms. The van der Waals surface area contributed by atoms with Gasteiger partial charge in [0, 0.05) is 7.05 Å². The van der Waals surface area contributed by atoms with E-state index in [0.717, 1.165) is 29.3 Å². The third-order valence-corrected chi connectivity index (χ3v) is 3.25. The molecule has 96 valence electrons. The Bertz CT molecular complexity index is 549. The SMILES string of the molecule is CCc1ccccc1Oc1c(CCl)c(C)nn1C. The first-order chi connectivity index (χ1) is 8.67. The summed E-state index contributed by atoms with van der Waals surface area (Å²) in [5.74, 6) is 2.00. The first-order valence-electron chi connectivity index (χ1n) is 6.01. The number of halogens is 1. The number of benzene rings is 1. The number of aromatic nitrogens is 2. The zero-order valence-electron chi connectivity index (χ0n) is 10.9. The number of aryl methyl sites for hydroxylation is 3. The van der Waals surface area contributed by atoms with E-state index in [1.54, 1.807) is 4.68 Å². The summed E-state index contributed by atoms with van der Waals surface area (Å²) in [5.41, 5.74) is 3.04. The number of hydrogen-bond acceptors (Lipinski definition) is 2. The molecule has 0 spiro atoms. The summed E-state index contributed by atoms with van der Waals surface area (Å²) in [6, 6.07) is 8.03. The van der Waals surface area contributed by atoms with Crippen LogP contribution in [-0.4, -0.2) is 9.78 Å². The van der Waals surface area contributed by atoms with Crippen LogP contribution >= 0.6 is 11.6 Å². The first kappa shape index (κ1) is 13.0. The van der Waals surface area contributed by atoms with E-state index in [1.807, 2.05) is 32.2 Å². The molecule has 0 N–H and O–H groups in total. The normalized spacial score (nSPS) is 10.7. The quantitative estimate of drug-likeness (QED) is 0.785. The Balaban J connectivity index is 2.39. The summed E-state index contributed by atoms with van der Waals surface area (Å²) in [6.45, 7) is 4.05. The molecular formula is C14H17ClN2O. The molecule has 2 rings (SSSR count). The van der Waals surface area contributed by atoms with Crippen LogP contribution in [0.1, 0.15) is 23.7 Å². The summed E-state index contributed by atoms with van der Waals surface area (Å²) < 4.78 is 7.73. The van der Waals surface area contributed by atoms with Crippen molar-refractivity contribution in [3.05, 3.63) is 41.1 Å². The Labute approximate surface area is 112 Å². The highest BCUT2D eigenvalue weighted by molar-refractivity contribution is 6.17. The van der Waals surface area contributed by atoms with Gasteiger partial charge in [0.1, 0.15) is 5.75 Å². The van der Waals surface area contributed by atoms with Crippen LogP contribution in [-0.2, 0) is 19.3 Å². The fourth-order valence-electron chi connectivity index (χ4n) is 1.96. The second-order valence-electron chi connectivity index (χ2n) is 4.19. The monoisotopic (exact) mass is 264 g/mol. The van der Waals surface area contributed by atoms with Crippen molar-refractivity contribution in [2.75, 3.05) is 0 Å². The molecule has 1 aromatic heterocycles. The van der Waals surface area contributed by atoms with E-state index in [9.17, 15) is 0 Å². The first-order valence-corrected chi connectivity index (χ1v) is 6.55. The number of hydrogen-bond donors (Lipinski definition) is 0. The van der Waals surface area contributed by atoms with Gasteiger partial charge in [0.05, 0.1) is 17.1 Å². The second-order valence-corrected chi connectivity index (χ2v) is 4.46. The predicted octanol–water partition coefficient (Wildman–Crippen LogP) is 3.82. The third-order valence-electron chi connectivity index (χ3n) is 2.98. The molecule has 1 aromatic carbocycles. The highest BCUT2D eigenvalue weighted by atomic mass is 35.5. The molecule has 0 aliphatic rings. The van der Waals surface area contributed by atoms with Gasteiger partial charge in [0.25, 0.3) is 0 Å². The summed E-state index contributed by atoms with van der Waals surface area (Å²) in [6.07, 6.45) is 0.934. The van der Waals surface area contributed by atoms with Crippen LogP contribution in [0.15, 0.2) is 24.3 Å². The van der Waals surface area contributed by atoms with Gasteiger partial charge in [-0.25, -0.2) is 4.68 Å². The standard InChI is InChI=1S/C14H17ClN2O/c1-4-11-7-5-6-8-13(11)18-14-12(9-15)10(2)16-17(14)3/h5-8H,4,9H2,1-3H3. The van der Waals surface area contributed by atoms with Crippen molar-refractivity contribution in [3.8, 4) is 11.6 Å². The van der Waals surface area contributed by atoms with Gasteiger partial charge in [-0.05, 0) is 25.0 Å². The lowest BCUT2D eigenvalue weighted by Gasteiger charge is -2.11. The summed E-state index contributed by atoms with van der Waals surface area (Å²) >= 11 is 5.96. The van der Waals surface area contributed by atoms with Crippen LogP contribution in [0.3, 0.4) is 0 Å². The largest absolute Gasteiger partial charge is 0.439 e. The minimum absolute atomic E-state index is 0.406. The molecule has 0 saturated heterocycles. The summed E-state index contributed by atoms with van der Waals surface area (Å²) in [4.78, 5) is 0. The van der Waals surface area contributed by atoms with E-state index in [2.05, 4.69) is 18.1 Å². The lowest BCUT2D eigenvalue weighted by atomic mass is 10.1. The topological polar surface area (TPSA) is 27.1 Å². The molecule has 0 unspecified atom stereocenters. The fourth-order valence-corrected chi connectivity index (χ4v) is 2.27. The van der Waals surface area contributed by atoms with Gasteiger partial charge in [-0.3, -0.25) is 0 Å². The molecule has 18 heavy (non-hydrogen) atoms. The van der Waals surface area contributed by atoms with Crippen LogP contribution in [0.4, 0.5) is 0 Å². The average molecular weight is 265 g/mol. The Morgan fingerprint density at radius 3 is 2.72 bits per heavy atom. The van der Waals surface area contributed by atoms with Gasteiger partial charge in [-0.2, -0.15) is 5.10 Å². The Hall–Kier alpha value is -1.48. The number of para-hydroxylation sites is 1. The molecule has 0 fully saturated rings. The third kappa shape index (κ3) is 2.36. The van der Waals surface area contributed by atoms with Crippen molar-refractivity contribution in [2.45, 2.75) is 26.1 Å². The van der Waals surface area contributed by atoms with Gasteiger partial charge in [0.2, 0.25) is 5.88 Å². The van der Waals surface area contributed by atoms with Crippen molar-refractivity contribution in [1.82, 2.24) is 9.78 Å². The van der Waals surface area contributed by atoms with Crippen molar-refractivity contribution >= 4 is 11.6 Å². The maximum Gasteiger partial charge on any atom is 0.222 e. The van der Waals surface area contributed by atoms with Gasteiger partial charge in [-0.1, -0.05) is 25.1 Å². The van der Waals surface area contributed by atoms with Crippen LogP contribution in [0, 0.1) is 6.92 Å². The molecule has 3 nitrogen and oxygen atoms in total. The molecule has 1 heterocycles. The van der Waals surface area contributed by atoms with Crippen molar-refractivity contribution < 1.29 is 4.74 Å². The maximum absolute atomic E-state index is 5.99. The lowest BCUT2D eigenvalue weighted by Crippen LogP contribution is -1.98. The second kappa shape index (κ2) is 5.44. The minimum Gasteiger partial charge on any atom is -0.439 e. The van der Waals surface area contributed by atoms with E-state index in [0.29, 0.717) is 5.88 Å². The smallest absolute Gasteiger partial charge is 0.222 e. The predicted molar refractivity (Wildman–Crippen MR) is 73.4 cm³/mol. The Kier molecular flexibility index (Phi) is 3.92. The number of nitrogens with zero attached hydrogens (tertiary/aromatic N) is 2. The van der Waals surface area contributed by atoms with E-state index in [-0.39, 0.29) is 0 Å². The lowest BCUT2D eigenvalue weighted by molar-refractivity contribution is 0.423. The summed E-state index contributed by atoms with van der Waals surface area (Å²) in [7, 11) is 1.87. The summed E-state index contributed by atoms with van der Waals surface area (Å²) in [5, 5.41) is 4.34. The van der Waals surface area contributed by atoms with Crippen molar-refractivity contribution in [1.29, 1.82) is 0 Å². The molecule has 0 aliphatic heterocycles. The maximum atomic E-state index is 5.99. The highest BCUT2D eigenvalue weighted by Crippen LogP contribution is 2.30. The Morgan fingerprint density at radius 2 is 2.06 bits per heavy atom. The van der Waals surface area contributed by atoms with Crippen LogP contribution in [0.25, 0.3) is 0 Å². The molecule has 2 aromatic rings. The molecular weight excluding hydrogens is 248 g/mol. The molecule has 4 heteroatoms. The van der Waals surface area contributed by atoms with E-state index >= 15 is 0 Å². The number of rotatable bonds is 4. The number of alkyl halides is 1. The van der Waals surface area contributed by atoms with E-state index in [1.165, 1.54) is 5.56 Å². The molecule has 0 atom stereocenters. The minimum atomic E-state index is 0.406. The van der Waals surface area contributed by atoms with Crippen LogP contribution in [0.5, 0.6) is 11.6 Å². The molecule has 0 saturated carbocycles. The van der Waals surface area contributed by atoms with Gasteiger partial charge >= 0.3 is 0 Å². The van der Waals surface area contributed by atoms with E-state index in [4.69, 9.17) is 16.3 Å². The highest BCUT2D eigenvalue weighted by Gasteiger charge is 2.15. The van der Waals surface area contributed by atoms with Gasteiger partial charge < -0.3 is 4.74 Å². The van der Waals surface area contributed by atoms with Crippen molar-refractivity contribution in [2.24, 2.45) is 7.05 Å². The van der Waals surface area contributed by atoms with Crippen LogP contribution in [0.2, 0.25) is 0 Å². The van der Waals surface area contributed by atoms with Gasteiger partial charge in [0.15, 0.2) is 0 Å². The zero-order chi connectivity index (χ0) is 13.1. The fraction of sp³-hybridized carbons (Fsp3) is 0.357. The van der Waals surface area contributed by atoms with Crippen molar-refractivity contribution in [3.63, 3.8) is 0 Å². The van der Waals surface area contributed by atoms with Crippen LogP contribution < -0.4 is 4.74 Å².